The molecule has 0 amide bonds. The fraction of sp³-hybridized carbons (Fsp3) is 0.864. The van der Waals surface area contributed by atoms with E-state index in [9.17, 15) is 19.0 Å². The third-order valence-corrected chi connectivity index (χ3v) is 10.5. The fourth-order valence-corrected chi connectivity index (χ4v) is 6.73. The van der Waals surface area contributed by atoms with Crippen LogP contribution in [0.4, 0.5) is 0 Å². The van der Waals surface area contributed by atoms with Crippen molar-refractivity contribution < 1.29 is 42.1 Å². The number of esters is 2. The molecule has 0 fully saturated rings. The van der Waals surface area contributed by atoms with Gasteiger partial charge in [-0.15, -0.1) is 0 Å². The summed E-state index contributed by atoms with van der Waals surface area (Å²) in [5, 5.41) is 0. The number of nitrogens with zero attached hydrogens (tertiary/aromatic N) is 1. The molecule has 318 valence electrons. The summed E-state index contributed by atoms with van der Waals surface area (Å²) in [6.07, 6.45) is 39.3. The van der Waals surface area contributed by atoms with E-state index in [1.807, 2.05) is 21.1 Å². The van der Waals surface area contributed by atoms with E-state index in [4.69, 9.17) is 18.5 Å². The highest BCUT2D eigenvalue weighted by molar-refractivity contribution is 7.47. The third kappa shape index (κ3) is 40.2. The largest absolute Gasteiger partial charge is 0.472 e. The molecule has 2 unspecified atom stereocenters. The average molecular weight is 787 g/mol. The van der Waals surface area contributed by atoms with Crippen LogP contribution >= 0.6 is 7.82 Å². The highest BCUT2D eigenvalue weighted by Gasteiger charge is 2.27. The highest BCUT2D eigenvalue weighted by Crippen LogP contribution is 2.43. The Morgan fingerprint density at radius 1 is 0.574 bits per heavy atom. The Hall–Kier alpha value is -1.51. The van der Waals surface area contributed by atoms with Crippen LogP contribution in [-0.4, -0.2) is 74.9 Å². The topological polar surface area (TPSA) is 108 Å². The van der Waals surface area contributed by atoms with Crippen molar-refractivity contribution in [1.29, 1.82) is 0 Å². The zero-order valence-electron chi connectivity index (χ0n) is 35.7. The summed E-state index contributed by atoms with van der Waals surface area (Å²) >= 11 is 0. The van der Waals surface area contributed by atoms with Crippen LogP contribution in [0, 0.1) is 0 Å². The third-order valence-electron chi connectivity index (χ3n) is 9.48. The van der Waals surface area contributed by atoms with Gasteiger partial charge in [-0.2, -0.15) is 0 Å². The normalized spacial score (nSPS) is 13.8. The van der Waals surface area contributed by atoms with E-state index < -0.39 is 26.5 Å². The monoisotopic (exact) mass is 787 g/mol. The lowest BCUT2D eigenvalue weighted by atomic mass is 10.0. The number of allylic oxidation sites excluding steroid dienone is 4. The van der Waals surface area contributed by atoms with Crippen LogP contribution in [-0.2, 0) is 32.7 Å². The molecule has 0 aromatic heterocycles. The molecule has 9 nitrogen and oxygen atoms in total. The van der Waals surface area contributed by atoms with Gasteiger partial charge in [0.05, 0.1) is 27.7 Å². The van der Waals surface area contributed by atoms with Crippen LogP contribution < -0.4 is 0 Å². The summed E-state index contributed by atoms with van der Waals surface area (Å²) in [6.45, 7) is 4.39. The Balaban J connectivity index is 4.37. The molecular formula is C44H85NO8P+. The highest BCUT2D eigenvalue weighted by atomic mass is 31.2. The number of hydrogen-bond donors (Lipinski definition) is 1. The van der Waals surface area contributed by atoms with Gasteiger partial charge in [0, 0.05) is 12.8 Å². The minimum Gasteiger partial charge on any atom is -0.462 e. The Morgan fingerprint density at radius 3 is 1.50 bits per heavy atom. The van der Waals surface area contributed by atoms with Gasteiger partial charge < -0.3 is 18.9 Å². The number of ether oxygens (including phenoxy) is 2. The van der Waals surface area contributed by atoms with Crippen molar-refractivity contribution in [2.75, 3.05) is 47.5 Å². The maximum atomic E-state index is 12.7. The quantitative estimate of drug-likeness (QED) is 0.0215. The van der Waals surface area contributed by atoms with Crippen LogP contribution in [0.25, 0.3) is 0 Å². The molecular weight excluding hydrogens is 701 g/mol. The molecule has 10 heteroatoms. The maximum Gasteiger partial charge on any atom is 0.472 e. The molecule has 54 heavy (non-hydrogen) atoms. The van der Waals surface area contributed by atoms with Crippen molar-refractivity contribution in [3.05, 3.63) is 24.3 Å². The Labute approximate surface area is 332 Å². The first-order valence-corrected chi connectivity index (χ1v) is 23.6. The van der Waals surface area contributed by atoms with Crippen LogP contribution in [0.5, 0.6) is 0 Å². The summed E-state index contributed by atoms with van der Waals surface area (Å²) in [4.78, 5) is 35.3. The number of quaternary nitrogens is 1. The lowest BCUT2D eigenvalue weighted by molar-refractivity contribution is -0.870. The number of carbonyl (C=O) groups is 2. The first-order valence-electron chi connectivity index (χ1n) is 22.1. The summed E-state index contributed by atoms with van der Waals surface area (Å²) in [5.41, 5.74) is 0. The van der Waals surface area contributed by atoms with Gasteiger partial charge in [0.1, 0.15) is 19.8 Å². The minimum atomic E-state index is -4.37. The molecule has 0 aliphatic rings. The Kier molecular flexibility index (Phi) is 36.1. The van der Waals surface area contributed by atoms with Crippen LogP contribution in [0.2, 0.25) is 0 Å². The van der Waals surface area contributed by atoms with E-state index in [1.165, 1.54) is 103 Å². The zero-order chi connectivity index (χ0) is 40.0. The van der Waals surface area contributed by atoms with E-state index in [0.717, 1.165) is 57.8 Å². The zero-order valence-corrected chi connectivity index (χ0v) is 36.6. The van der Waals surface area contributed by atoms with Gasteiger partial charge in [0.25, 0.3) is 0 Å². The second-order valence-corrected chi connectivity index (χ2v) is 17.5. The van der Waals surface area contributed by atoms with Crippen LogP contribution in [0.3, 0.4) is 0 Å². The predicted octanol–water partition coefficient (Wildman–Crippen LogP) is 12.4. The lowest BCUT2D eigenvalue weighted by Gasteiger charge is -2.24. The summed E-state index contributed by atoms with van der Waals surface area (Å²) in [5.74, 6) is -0.808. The number of unbranched alkanes of at least 4 members (excludes halogenated alkanes) is 22. The van der Waals surface area contributed by atoms with Crippen LogP contribution in [0.15, 0.2) is 24.3 Å². The first-order chi connectivity index (χ1) is 26.0. The number of phosphoric acid groups is 1. The second-order valence-electron chi connectivity index (χ2n) is 16.1. The molecule has 1 N–H and O–H groups in total. The van der Waals surface area contributed by atoms with Gasteiger partial charge in [0.15, 0.2) is 6.10 Å². The summed E-state index contributed by atoms with van der Waals surface area (Å²) < 4.78 is 34.3. The van der Waals surface area contributed by atoms with E-state index >= 15 is 0 Å². The van der Waals surface area contributed by atoms with Crippen molar-refractivity contribution in [2.45, 2.75) is 200 Å². The number of hydrogen-bond acceptors (Lipinski definition) is 7. The van der Waals surface area contributed by atoms with E-state index in [2.05, 4.69) is 38.2 Å². The molecule has 0 saturated carbocycles. The predicted molar refractivity (Wildman–Crippen MR) is 224 cm³/mol. The van der Waals surface area contributed by atoms with Crippen molar-refractivity contribution in [2.24, 2.45) is 0 Å². The molecule has 2 atom stereocenters. The number of phosphoric ester groups is 1. The van der Waals surface area contributed by atoms with Gasteiger partial charge in [-0.05, 0) is 44.9 Å². The lowest BCUT2D eigenvalue weighted by Crippen LogP contribution is -2.37. The molecule has 0 aromatic rings. The minimum absolute atomic E-state index is 0.0306. The summed E-state index contributed by atoms with van der Waals surface area (Å²) in [7, 11) is 1.47. The van der Waals surface area contributed by atoms with Crippen molar-refractivity contribution >= 4 is 19.8 Å². The first kappa shape index (κ1) is 52.5. The molecule has 0 radical (unpaired) electrons. The van der Waals surface area contributed by atoms with Gasteiger partial charge >= 0.3 is 19.8 Å². The molecule has 0 bridgehead atoms. The van der Waals surface area contributed by atoms with E-state index in [1.54, 1.807) is 0 Å². The fourth-order valence-electron chi connectivity index (χ4n) is 5.99. The number of carbonyl (C=O) groups excluding carboxylic acids is 2. The van der Waals surface area contributed by atoms with Gasteiger partial charge in [-0.3, -0.25) is 18.6 Å². The molecule has 0 aliphatic carbocycles. The molecule has 0 aliphatic heterocycles. The summed E-state index contributed by atoms with van der Waals surface area (Å²) in [6, 6.07) is 0. The molecule has 0 saturated heterocycles. The smallest absolute Gasteiger partial charge is 0.462 e. The number of likely N-dealkylation sites (N-methyl/N-ethyl adjacent to an activating group) is 1. The molecule has 0 aromatic carbocycles. The van der Waals surface area contributed by atoms with Gasteiger partial charge in [0.2, 0.25) is 0 Å². The number of rotatable bonds is 40. The SMILES string of the molecule is CCCCC/C=C\C/C=C\CCCCCCCC(=O)OC(COC(=O)CCCCCCCCCCCCCCCCC)COP(=O)(O)OCC[N+](C)(C)C. The van der Waals surface area contributed by atoms with E-state index in [0.29, 0.717) is 23.9 Å². The molecule has 0 heterocycles. The van der Waals surface area contributed by atoms with E-state index in [-0.39, 0.29) is 25.6 Å². The van der Waals surface area contributed by atoms with Gasteiger partial charge in [-0.1, -0.05) is 160 Å². The van der Waals surface area contributed by atoms with Gasteiger partial charge in [-0.25, -0.2) is 4.57 Å². The van der Waals surface area contributed by atoms with Crippen molar-refractivity contribution in [3.63, 3.8) is 0 Å². The Morgan fingerprint density at radius 2 is 1.00 bits per heavy atom. The average Bonchev–Trinajstić information content (AvgIpc) is 3.12. The molecule has 0 rings (SSSR count). The van der Waals surface area contributed by atoms with Crippen LogP contribution in [0.1, 0.15) is 194 Å². The standard InChI is InChI=1S/C44H84NO8P/c1-6-8-10-12-14-16-18-20-22-24-26-28-30-32-34-36-43(46)50-40-42(41-52-54(48,49)51-39-38-45(3,4)5)53-44(47)37-35-33-31-29-27-25-23-21-19-17-15-13-11-9-7-2/h15,17,21,23,42H,6-14,16,18-20,22,24-41H2,1-5H3/p+1/b17-15-,23-21-. The van der Waals surface area contributed by atoms with Crippen molar-refractivity contribution in [3.8, 4) is 0 Å². The van der Waals surface area contributed by atoms with Crippen molar-refractivity contribution in [1.82, 2.24) is 0 Å². The Bertz CT molecular complexity index is 980. The second kappa shape index (κ2) is 37.1. The maximum absolute atomic E-state index is 12.7. The molecule has 0 spiro atoms.